The van der Waals surface area contributed by atoms with Crippen molar-refractivity contribution in [2.75, 3.05) is 5.32 Å². The topological polar surface area (TPSA) is 83.5 Å². The molecule has 2 aliphatic carbocycles. The van der Waals surface area contributed by atoms with E-state index in [0.29, 0.717) is 24.1 Å². The summed E-state index contributed by atoms with van der Waals surface area (Å²) >= 11 is 6.28. The first kappa shape index (κ1) is 24.2. The third kappa shape index (κ3) is 4.43. The third-order valence-electron chi connectivity index (χ3n) is 7.43. The van der Waals surface area contributed by atoms with Gasteiger partial charge in [0.25, 0.3) is 5.91 Å². The maximum Gasteiger partial charge on any atom is 0.255 e. The van der Waals surface area contributed by atoms with E-state index < -0.39 is 26.6 Å². The molecule has 178 valence electrons. The summed E-state index contributed by atoms with van der Waals surface area (Å²) < 4.78 is 41.0. The monoisotopic (exact) mass is 493 g/mol. The first-order valence-corrected chi connectivity index (χ1v) is 13.2. The quantitative estimate of drug-likeness (QED) is 0.570. The number of anilines is 1. The number of benzene rings is 2. The molecule has 0 spiro atoms. The molecule has 2 bridgehead atoms. The lowest BCUT2D eigenvalue weighted by molar-refractivity contribution is -0.0413. The van der Waals surface area contributed by atoms with Gasteiger partial charge in [0.15, 0.2) is 9.84 Å². The second kappa shape index (κ2) is 8.67. The molecule has 8 heteroatoms. The molecule has 2 N–H and O–H groups in total. The van der Waals surface area contributed by atoms with Gasteiger partial charge in [0.1, 0.15) is 5.82 Å². The minimum Gasteiger partial charge on any atom is -0.390 e. The van der Waals surface area contributed by atoms with Gasteiger partial charge < -0.3 is 10.4 Å². The fourth-order valence-corrected chi connectivity index (χ4v) is 7.73. The van der Waals surface area contributed by atoms with Crippen LogP contribution in [0.2, 0.25) is 5.02 Å². The van der Waals surface area contributed by atoms with E-state index >= 15 is 0 Å². The van der Waals surface area contributed by atoms with Crippen LogP contribution in [-0.2, 0) is 9.84 Å². The molecule has 2 unspecified atom stereocenters. The van der Waals surface area contributed by atoms with E-state index in [1.54, 1.807) is 13.0 Å². The number of aliphatic hydroxyl groups is 1. The molecular formula is C25H29ClFNO4S. The third-order valence-corrected chi connectivity index (χ3v) is 10.1. The average molecular weight is 494 g/mol. The molecule has 0 heterocycles. The van der Waals surface area contributed by atoms with Crippen LogP contribution in [0, 0.1) is 17.7 Å². The second-order valence-electron chi connectivity index (χ2n) is 9.83. The molecule has 0 radical (unpaired) electrons. The van der Waals surface area contributed by atoms with Gasteiger partial charge in [0, 0.05) is 11.3 Å². The Morgan fingerprint density at radius 1 is 1.15 bits per heavy atom. The van der Waals surface area contributed by atoms with E-state index in [1.165, 1.54) is 30.3 Å². The Hall–Kier alpha value is -1.96. The number of carbonyl (C=O) groups excluding carboxylic acids is 1. The van der Waals surface area contributed by atoms with Crippen molar-refractivity contribution in [1.29, 1.82) is 0 Å². The number of hydrogen-bond donors (Lipinski definition) is 2. The molecule has 5 nitrogen and oxygen atoms in total. The molecule has 4 rings (SSSR count). The van der Waals surface area contributed by atoms with Gasteiger partial charge in [-0.3, -0.25) is 4.79 Å². The Morgan fingerprint density at radius 3 is 2.39 bits per heavy atom. The van der Waals surface area contributed by atoms with Gasteiger partial charge >= 0.3 is 0 Å². The van der Waals surface area contributed by atoms with Gasteiger partial charge in [-0.05, 0) is 92.3 Å². The lowest BCUT2D eigenvalue weighted by Gasteiger charge is -2.40. The van der Waals surface area contributed by atoms with Crippen molar-refractivity contribution >= 4 is 33.0 Å². The maximum absolute atomic E-state index is 14.0. The van der Waals surface area contributed by atoms with Gasteiger partial charge in [-0.1, -0.05) is 25.4 Å². The van der Waals surface area contributed by atoms with Crippen LogP contribution in [0.15, 0.2) is 41.3 Å². The van der Waals surface area contributed by atoms with Crippen LogP contribution in [0.5, 0.6) is 0 Å². The van der Waals surface area contributed by atoms with E-state index in [0.717, 1.165) is 12.8 Å². The normalized spacial score (nSPS) is 27.1. The minimum atomic E-state index is -3.79. The zero-order valence-electron chi connectivity index (χ0n) is 18.9. The van der Waals surface area contributed by atoms with Crippen LogP contribution < -0.4 is 5.32 Å². The summed E-state index contributed by atoms with van der Waals surface area (Å²) in [5, 5.41) is 12.9. The molecule has 33 heavy (non-hydrogen) atoms. The number of nitrogens with one attached hydrogen (secondary N) is 1. The minimum absolute atomic E-state index is 0.0549. The van der Waals surface area contributed by atoms with Crippen LogP contribution >= 0.6 is 11.6 Å². The smallest absolute Gasteiger partial charge is 0.255 e. The second-order valence-corrected chi connectivity index (χ2v) is 12.4. The summed E-state index contributed by atoms with van der Waals surface area (Å²) in [6.07, 6.45) is 2.39. The first-order chi connectivity index (χ1) is 15.4. The Balaban J connectivity index is 1.59. The number of halogens is 2. The maximum atomic E-state index is 14.0. The molecule has 2 atom stereocenters. The molecule has 2 saturated carbocycles. The number of sulfone groups is 1. The lowest BCUT2D eigenvalue weighted by atomic mass is 9.76. The number of fused-ring (bicyclic) bond motifs is 2. The number of rotatable bonds is 5. The molecule has 0 aliphatic heterocycles. The molecule has 2 aromatic carbocycles. The molecule has 1 amide bonds. The van der Waals surface area contributed by atoms with Crippen molar-refractivity contribution in [3.05, 3.63) is 58.4 Å². The summed E-state index contributed by atoms with van der Waals surface area (Å²) in [7, 11) is -3.79. The predicted octanol–water partition coefficient (Wildman–Crippen LogP) is 5.57. The van der Waals surface area contributed by atoms with Gasteiger partial charge in [-0.15, -0.1) is 0 Å². The molecule has 2 aromatic rings. The van der Waals surface area contributed by atoms with Crippen LogP contribution in [-0.4, -0.2) is 30.3 Å². The van der Waals surface area contributed by atoms with Crippen LogP contribution in [0.4, 0.5) is 10.1 Å². The highest BCUT2D eigenvalue weighted by Crippen LogP contribution is 2.51. The largest absolute Gasteiger partial charge is 0.390 e. The van der Waals surface area contributed by atoms with E-state index in [4.69, 9.17) is 11.6 Å². The molecule has 0 saturated heterocycles. The number of carbonyl (C=O) groups is 1. The highest BCUT2D eigenvalue weighted by molar-refractivity contribution is 7.92. The fourth-order valence-electron chi connectivity index (χ4n) is 5.33. The van der Waals surface area contributed by atoms with Crippen molar-refractivity contribution in [2.45, 2.75) is 68.1 Å². The zero-order chi connectivity index (χ0) is 24.1. The van der Waals surface area contributed by atoms with Crippen molar-refractivity contribution in [2.24, 2.45) is 11.8 Å². The molecule has 2 fully saturated rings. The summed E-state index contributed by atoms with van der Waals surface area (Å²) in [4.78, 5) is 12.8. The highest BCUT2D eigenvalue weighted by atomic mass is 35.5. The number of hydrogen-bond acceptors (Lipinski definition) is 4. The van der Waals surface area contributed by atoms with Crippen LogP contribution in [0.3, 0.4) is 0 Å². The average Bonchev–Trinajstić information content (AvgIpc) is 2.92. The standard InChI is InChI=1S/C25H29ClFNO4S/c1-14(2)20-13-18(7-9-22(20)27)28-24(29)15-4-8-21(26)23(10-15)33(31,32)19-11-16-5-6-17(12-19)25(16,3)30/h4,7-10,13-14,16-17,19,30H,5-6,11-12H2,1-3H3,(H,28,29)/t16?,17?,19-,25-. The van der Waals surface area contributed by atoms with Crippen molar-refractivity contribution in [3.63, 3.8) is 0 Å². The first-order valence-electron chi connectivity index (χ1n) is 11.3. The Bertz CT molecular complexity index is 1180. The molecular weight excluding hydrogens is 465 g/mol. The summed E-state index contributed by atoms with van der Waals surface area (Å²) in [5.74, 6) is -1.02. The predicted molar refractivity (Wildman–Crippen MR) is 127 cm³/mol. The van der Waals surface area contributed by atoms with Gasteiger partial charge in [-0.2, -0.15) is 0 Å². The van der Waals surface area contributed by atoms with Crippen LogP contribution in [0.25, 0.3) is 0 Å². The number of amides is 1. The summed E-state index contributed by atoms with van der Waals surface area (Å²) in [5.41, 5.74) is 0.228. The molecule has 0 aromatic heterocycles. The Labute approximate surface area is 199 Å². The Kier molecular flexibility index (Phi) is 6.35. The van der Waals surface area contributed by atoms with Crippen molar-refractivity contribution in [1.82, 2.24) is 0 Å². The highest BCUT2D eigenvalue weighted by Gasteiger charge is 2.53. The zero-order valence-corrected chi connectivity index (χ0v) is 20.5. The molecule has 2 aliphatic rings. The van der Waals surface area contributed by atoms with E-state index in [9.17, 15) is 22.7 Å². The van der Waals surface area contributed by atoms with Crippen molar-refractivity contribution < 1.29 is 22.7 Å². The summed E-state index contributed by atoms with van der Waals surface area (Å²) in [6, 6.07) is 8.55. The van der Waals surface area contributed by atoms with Crippen molar-refractivity contribution in [3.8, 4) is 0 Å². The van der Waals surface area contributed by atoms with Gasteiger partial charge in [-0.25, -0.2) is 12.8 Å². The van der Waals surface area contributed by atoms with E-state index in [-0.39, 0.29) is 39.1 Å². The Morgan fingerprint density at radius 2 is 1.79 bits per heavy atom. The summed E-state index contributed by atoms with van der Waals surface area (Å²) in [6.45, 7) is 5.52. The SMILES string of the molecule is CC(C)c1cc(NC(=O)c2ccc(Cl)c(S(=O)(=O)[C@H]3CC4CCC(C3)[C@@]4(C)O)c2)ccc1F. The van der Waals surface area contributed by atoms with E-state index in [2.05, 4.69) is 5.32 Å². The van der Waals surface area contributed by atoms with E-state index in [1.807, 2.05) is 13.8 Å². The lowest BCUT2D eigenvalue weighted by Crippen LogP contribution is -2.45. The van der Waals surface area contributed by atoms with Gasteiger partial charge in [0.2, 0.25) is 0 Å². The fraction of sp³-hybridized carbons (Fsp3) is 0.480. The van der Waals surface area contributed by atoms with Gasteiger partial charge in [0.05, 0.1) is 20.8 Å². The van der Waals surface area contributed by atoms with Crippen LogP contribution in [0.1, 0.15) is 68.3 Å².